The second kappa shape index (κ2) is 6.62. The molecule has 1 aromatic rings. The smallest absolute Gasteiger partial charge is 0.261 e. The zero-order valence-electron chi connectivity index (χ0n) is 13.6. The molecule has 1 saturated heterocycles. The number of nitrogens with zero attached hydrogens (tertiary/aromatic N) is 2. The molecule has 1 atom stereocenters. The number of amides is 2. The zero-order valence-corrected chi connectivity index (χ0v) is 14.4. The Morgan fingerprint density at radius 2 is 1.79 bits per heavy atom. The quantitative estimate of drug-likeness (QED) is 0.771. The average molecular weight is 351 g/mol. The Morgan fingerprint density at radius 3 is 2.38 bits per heavy atom. The molecule has 0 aliphatic carbocycles. The second-order valence-electron chi connectivity index (χ2n) is 6.19. The van der Waals surface area contributed by atoms with Crippen LogP contribution in [-0.4, -0.2) is 67.4 Å². The Balaban J connectivity index is 1.59. The number of piperazine rings is 1. The van der Waals surface area contributed by atoms with Gasteiger partial charge in [-0.1, -0.05) is 12.1 Å². The van der Waals surface area contributed by atoms with Crippen molar-refractivity contribution in [1.82, 2.24) is 14.5 Å². The third-order valence-corrected chi connectivity index (χ3v) is 6.31. The van der Waals surface area contributed by atoms with E-state index in [4.69, 9.17) is 0 Å². The van der Waals surface area contributed by atoms with Crippen LogP contribution in [0.15, 0.2) is 24.3 Å². The Bertz CT molecular complexity index is 727. The summed E-state index contributed by atoms with van der Waals surface area (Å²) >= 11 is 0. The number of carbonyl (C=O) groups excluding carboxylic acids is 2. The summed E-state index contributed by atoms with van der Waals surface area (Å²) in [5.74, 6) is -0.750. The van der Waals surface area contributed by atoms with Crippen LogP contribution in [-0.2, 0) is 10.0 Å². The molecule has 0 aromatic heterocycles. The van der Waals surface area contributed by atoms with Crippen LogP contribution in [0.4, 0.5) is 0 Å². The summed E-state index contributed by atoms with van der Waals surface area (Å²) in [7, 11) is -3.37. The van der Waals surface area contributed by atoms with E-state index in [9.17, 15) is 18.0 Å². The predicted octanol–water partition coefficient (Wildman–Crippen LogP) is 0.296. The fraction of sp³-hybridized carbons (Fsp3) is 0.500. The largest absolute Gasteiger partial charge is 0.312 e. The Morgan fingerprint density at radius 1 is 1.17 bits per heavy atom. The first-order chi connectivity index (χ1) is 11.4. The van der Waals surface area contributed by atoms with Gasteiger partial charge in [-0.3, -0.25) is 14.5 Å². The highest BCUT2D eigenvalue weighted by atomic mass is 32.2. The molecule has 2 aliphatic heterocycles. The molecule has 2 heterocycles. The lowest BCUT2D eigenvalue weighted by molar-refractivity contribution is 0.0654. The van der Waals surface area contributed by atoms with E-state index < -0.39 is 10.0 Å². The van der Waals surface area contributed by atoms with E-state index in [0.717, 1.165) is 4.90 Å². The number of hydrogen-bond acceptors (Lipinski definition) is 5. The number of sulfonamides is 1. The van der Waals surface area contributed by atoms with Gasteiger partial charge in [0, 0.05) is 32.2 Å². The van der Waals surface area contributed by atoms with Gasteiger partial charge in [0.25, 0.3) is 11.8 Å². The summed E-state index contributed by atoms with van der Waals surface area (Å²) in [5.41, 5.74) is 0.780. The number of rotatable bonds is 5. The first-order valence-corrected chi connectivity index (χ1v) is 9.67. The third kappa shape index (κ3) is 3.22. The van der Waals surface area contributed by atoms with Gasteiger partial charge in [-0.2, -0.15) is 4.31 Å². The van der Waals surface area contributed by atoms with Gasteiger partial charge in [-0.25, -0.2) is 8.42 Å². The number of hydrogen-bond donors (Lipinski definition) is 1. The van der Waals surface area contributed by atoms with Crippen LogP contribution in [0.1, 0.15) is 34.1 Å². The fourth-order valence-electron chi connectivity index (χ4n) is 3.13. The summed E-state index contributed by atoms with van der Waals surface area (Å²) in [4.78, 5) is 25.6. The molecular formula is C16H21N3O4S. The maximum Gasteiger partial charge on any atom is 0.261 e. The highest BCUT2D eigenvalue weighted by Gasteiger charge is 2.35. The number of imide groups is 1. The van der Waals surface area contributed by atoms with Crippen molar-refractivity contribution in [2.75, 3.05) is 31.9 Å². The number of nitrogens with one attached hydrogen (secondary N) is 1. The van der Waals surface area contributed by atoms with Crippen LogP contribution in [0.2, 0.25) is 0 Å². The van der Waals surface area contributed by atoms with Gasteiger partial charge in [-0.05, 0) is 25.5 Å². The van der Waals surface area contributed by atoms with Crippen molar-refractivity contribution in [3.8, 4) is 0 Å². The van der Waals surface area contributed by atoms with Crippen LogP contribution in [0, 0.1) is 0 Å². The van der Waals surface area contributed by atoms with Crippen molar-refractivity contribution in [2.45, 2.75) is 19.4 Å². The molecule has 0 spiro atoms. The first kappa shape index (κ1) is 17.1. The van der Waals surface area contributed by atoms with Crippen molar-refractivity contribution in [3.63, 3.8) is 0 Å². The average Bonchev–Trinajstić information content (AvgIpc) is 2.80. The Kier molecular flexibility index (Phi) is 4.71. The van der Waals surface area contributed by atoms with Gasteiger partial charge in [0.05, 0.1) is 16.9 Å². The molecule has 7 nitrogen and oxygen atoms in total. The number of fused-ring (bicyclic) bond motifs is 1. The van der Waals surface area contributed by atoms with Crippen molar-refractivity contribution in [2.24, 2.45) is 0 Å². The molecule has 130 valence electrons. The van der Waals surface area contributed by atoms with Gasteiger partial charge in [0.2, 0.25) is 10.0 Å². The molecule has 24 heavy (non-hydrogen) atoms. The monoisotopic (exact) mass is 351 g/mol. The van der Waals surface area contributed by atoms with E-state index in [-0.39, 0.29) is 36.6 Å². The van der Waals surface area contributed by atoms with E-state index in [2.05, 4.69) is 5.32 Å². The number of carbonyl (C=O) groups is 2. The minimum atomic E-state index is -3.37. The fourth-order valence-corrected chi connectivity index (χ4v) is 4.70. The standard InChI is InChI=1S/C16H21N3O4S/c1-12-11-18(9-7-17-12)24(22,23)10-4-8-19-15(20)13-5-2-3-6-14(13)16(19)21/h2-3,5-6,12,17H,4,7-11H2,1H3. The van der Waals surface area contributed by atoms with E-state index >= 15 is 0 Å². The summed E-state index contributed by atoms with van der Waals surface area (Å²) in [5, 5.41) is 3.20. The van der Waals surface area contributed by atoms with E-state index in [1.807, 2.05) is 6.92 Å². The molecule has 1 N–H and O–H groups in total. The SMILES string of the molecule is CC1CN(S(=O)(=O)CCCN2C(=O)c3ccccc3C2=O)CCN1. The number of benzene rings is 1. The lowest BCUT2D eigenvalue weighted by atomic mass is 10.1. The van der Waals surface area contributed by atoms with E-state index in [0.29, 0.717) is 30.8 Å². The highest BCUT2D eigenvalue weighted by Crippen LogP contribution is 2.22. The molecule has 1 unspecified atom stereocenters. The van der Waals surface area contributed by atoms with Crippen molar-refractivity contribution >= 4 is 21.8 Å². The summed E-state index contributed by atoms with van der Waals surface area (Å²) in [6, 6.07) is 6.79. The lowest BCUT2D eigenvalue weighted by Gasteiger charge is -2.31. The minimum absolute atomic E-state index is 0.0624. The molecule has 1 aromatic carbocycles. The summed E-state index contributed by atoms with van der Waals surface area (Å²) < 4.78 is 26.3. The molecule has 2 amide bonds. The zero-order chi connectivity index (χ0) is 17.3. The lowest BCUT2D eigenvalue weighted by Crippen LogP contribution is -2.51. The van der Waals surface area contributed by atoms with Crippen LogP contribution in [0.25, 0.3) is 0 Å². The molecule has 2 aliphatic rings. The van der Waals surface area contributed by atoms with E-state index in [1.165, 1.54) is 4.31 Å². The Hall–Kier alpha value is -1.77. The second-order valence-corrected chi connectivity index (χ2v) is 8.28. The van der Waals surface area contributed by atoms with Crippen molar-refractivity contribution in [3.05, 3.63) is 35.4 Å². The van der Waals surface area contributed by atoms with Crippen LogP contribution < -0.4 is 5.32 Å². The third-order valence-electron chi connectivity index (χ3n) is 4.39. The minimum Gasteiger partial charge on any atom is -0.312 e. The molecule has 3 rings (SSSR count). The molecule has 1 fully saturated rings. The van der Waals surface area contributed by atoms with Gasteiger partial charge >= 0.3 is 0 Å². The van der Waals surface area contributed by atoms with Gasteiger partial charge in [0.15, 0.2) is 0 Å². The molecule has 0 saturated carbocycles. The van der Waals surface area contributed by atoms with Crippen LogP contribution >= 0.6 is 0 Å². The highest BCUT2D eigenvalue weighted by molar-refractivity contribution is 7.89. The van der Waals surface area contributed by atoms with Crippen LogP contribution in [0.3, 0.4) is 0 Å². The molecule has 8 heteroatoms. The normalized spacial score (nSPS) is 22.0. The summed E-state index contributed by atoms with van der Waals surface area (Å²) in [6.45, 7) is 3.61. The van der Waals surface area contributed by atoms with Gasteiger partial charge in [-0.15, -0.1) is 0 Å². The maximum absolute atomic E-state index is 12.4. The predicted molar refractivity (Wildman–Crippen MR) is 89.3 cm³/mol. The molecule has 0 bridgehead atoms. The molecular weight excluding hydrogens is 330 g/mol. The maximum atomic E-state index is 12.4. The van der Waals surface area contributed by atoms with Crippen molar-refractivity contribution in [1.29, 1.82) is 0 Å². The van der Waals surface area contributed by atoms with Crippen molar-refractivity contribution < 1.29 is 18.0 Å². The topological polar surface area (TPSA) is 86.8 Å². The van der Waals surface area contributed by atoms with Gasteiger partial charge in [0.1, 0.15) is 0 Å². The van der Waals surface area contributed by atoms with E-state index in [1.54, 1.807) is 24.3 Å². The summed E-state index contributed by atoms with van der Waals surface area (Å²) in [6.07, 6.45) is 0.242. The van der Waals surface area contributed by atoms with Crippen LogP contribution in [0.5, 0.6) is 0 Å². The Labute approximate surface area is 141 Å². The first-order valence-electron chi connectivity index (χ1n) is 8.06. The molecule has 0 radical (unpaired) electrons. The van der Waals surface area contributed by atoms with Gasteiger partial charge < -0.3 is 5.32 Å².